The molecule has 0 fully saturated rings. The van der Waals surface area contributed by atoms with Gasteiger partial charge in [-0.1, -0.05) is 69.7 Å². The number of aliphatic hydroxyl groups excluding tert-OH is 2. The molecule has 144 valence electrons. The van der Waals surface area contributed by atoms with Crippen LogP contribution in [0.4, 0.5) is 0 Å². The maximum atomic E-state index is 9.10. The fraction of sp³-hybridized carbons (Fsp3) is 0.652. The van der Waals surface area contributed by atoms with Gasteiger partial charge in [0, 0.05) is 0 Å². The smallest absolute Gasteiger partial charge is 0.0641 e. The average Bonchev–Trinajstić information content (AvgIpc) is 2.86. The molecule has 0 radical (unpaired) electrons. The zero-order valence-electron chi connectivity index (χ0n) is 17.1. The Labute approximate surface area is 156 Å². The zero-order valence-corrected chi connectivity index (χ0v) is 17.1. The van der Waals surface area contributed by atoms with Crippen molar-refractivity contribution in [3.63, 3.8) is 0 Å². The molecule has 0 aliphatic heterocycles. The van der Waals surface area contributed by atoms with Crippen LogP contribution in [0.2, 0.25) is 0 Å². The molecule has 0 amide bonds. The van der Waals surface area contributed by atoms with Crippen LogP contribution in [0.25, 0.3) is 0 Å². The van der Waals surface area contributed by atoms with Crippen molar-refractivity contribution in [3.05, 3.63) is 47.6 Å². The summed E-state index contributed by atoms with van der Waals surface area (Å²) in [5.74, 6) is 0.714. The summed E-state index contributed by atoms with van der Waals surface area (Å²) in [6.45, 7) is 11.5. The monoisotopic (exact) mass is 348 g/mol. The largest absolute Gasteiger partial charge is 0.392 e. The molecule has 1 aliphatic rings. The summed E-state index contributed by atoms with van der Waals surface area (Å²) in [7, 11) is 0. The predicted molar refractivity (Wildman–Crippen MR) is 111 cm³/mol. The van der Waals surface area contributed by atoms with Gasteiger partial charge in [0.1, 0.15) is 0 Å². The Morgan fingerprint density at radius 1 is 1.12 bits per heavy atom. The van der Waals surface area contributed by atoms with E-state index in [1.807, 2.05) is 6.08 Å². The first-order valence-electron chi connectivity index (χ1n) is 9.80. The van der Waals surface area contributed by atoms with E-state index >= 15 is 0 Å². The molecule has 0 bridgehead atoms. The Morgan fingerprint density at radius 2 is 1.76 bits per heavy atom. The molecule has 0 heterocycles. The van der Waals surface area contributed by atoms with E-state index in [4.69, 9.17) is 10.2 Å². The van der Waals surface area contributed by atoms with Crippen LogP contribution in [0.3, 0.4) is 0 Å². The number of aliphatic hydroxyl groups is 2. The van der Waals surface area contributed by atoms with Crippen molar-refractivity contribution in [2.45, 2.75) is 73.1 Å². The minimum Gasteiger partial charge on any atom is -0.392 e. The average molecular weight is 349 g/mol. The molecule has 1 atom stereocenters. The summed E-state index contributed by atoms with van der Waals surface area (Å²) in [5.41, 5.74) is 3.03. The van der Waals surface area contributed by atoms with Crippen molar-refractivity contribution >= 4 is 0 Å². The molecule has 0 saturated heterocycles. The van der Waals surface area contributed by atoms with E-state index < -0.39 is 0 Å². The van der Waals surface area contributed by atoms with Gasteiger partial charge in [-0.25, -0.2) is 0 Å². The second-order valence-corrected chi connectivity index (χ2v) is 7.26. The van der Waals surface area contributed by atoms with Crippen LogP contribution in [-0.2, 0) is 0 Å². The Bertz CT molecular complexity index is 433. The molecule has 1 unspecified atom stereocenters. The molecule has 0 aromatic carbocycles. The highest BCUT2D eigenvalue weighted by atomic mass is 16.3. The van der Waals surface area contributed by atoms with Gasteiger partial charge < -0.3 is 10.2 Å². The lowest BCUT2D eigenvalue weighted by Gasteiger charge is -2.29. The van der Waals surface area contributed by atoms with E-state index in [1.165, 1.54) is 17.6 Å². The molecule has 1 aliphatic carbocycles. The third kappa shape index (κ3) is 9.81. The zero-order chi connectivity index (χ0) is 19.1. The van der Waals surface area contributed by atoms with Gasteiger partial charge in [-0.05, 0) is 62.4 Å². The van der Waals surface area contributed by atoms with Gasteiger partial charge in [-0.2, -0.15) is 0 Å². The van der Waals surface area contributed by atoms with Crippen molar-refractivity contribution in [1.82, 2.24) is 0 Å². The summed E-state index contributed by atoms with van der Waals surface area (Å²) in [6.07, 6.45) is 19.2. The molecular weight excluding hydrogens is 308 g/mol. The number of unbranched alkanes of at least 4 members (excludes halogenated alkanes) is 1. The van der Waals surface area contributed by atoms with E-state index in [-0.39, 0.29) is 13.2 Å². The van der Waals surface area contributed by atoms with Gasteiger partial charge in [0.25, 0.3) is 0 Å². The van der Waals surface area contributed by atoms with Crippen molar-refractivity contribution in [3.8, 4) is 0 Å². The summed E-state index contributed by atoms with van der Waals surface area (Å²) in [4.78, 5) is 0. The molecule has 0 aromatic rings. The predicted octanol–water partition coefficient (Wildman–Crippen LogP) is 5.98. The van der Waals surface area contributed by atoms with Gasteiger partial charge in [-0.15, -0.1) is 0 Å². The Kier molecular flexibility index (Phi) is 13.5. The van der Waals surface area contributed by atoms with Crippen LogP contribution >= 0.6 is 0 Å². The first-order valence-corrected chi connectivity index (χ1v) is 9.80. The van der Waals surface area contributed by atoms with Crippen LogP contribution in [-0.4, -0.2) is 23.4 Å². The highest BCUT2D eigenvalue weighted by Gasteiger charge is 2.33. The fourth-order valence-electron chi connectivity index (χ4n) is 2.89. The minimum atomic E-state index is 0.164. The van der Waals surface area contributed by atoms with E-state index in [0.717, 1.165) is 32.1 Å². The number of hydrogen-bond acceptors (Lipinski definition) is 2. The van der Waals surface area contributed by atoms with Gasteiger partial charge in [0.15, 0.2) is 0 Å². The van der Waals surface area contributed by atoms with Gasteiger partial charge in [0.05, 0.1) is 13.2 Å². The number of rotatable bonds is 9. The summed E-state index contributed by atoms with van der Waals surface area (Å²) in [6, 6.07) is 0. The van der Waals surface area contributed by atoms with Crippen LogP contribution < -0.4 is 0 Å². The third-order valence-corrected chi connectivity index (χ3v) is 5.27. The van der Waals surface area contributed by atoms with E-state index in [0.29, 0.717) is 11.3 Å². The molecule has 25 heavy (non-hydrogen) atoms. The molecule has 2 nitrogen and oxygen atoms in total. The van der Waals surface area contributed by atoms with E-state index in [2.05, 4.69) is 58.9 Å². The molecule has 0 spiro atoms. The maximum Gasteiger partial charge on any atom is 0.0641 e. The molecule has 2 N–H and O–H groups in total. The first-order chi connectivity index (χ1) is 11.9. The molecule has 0 aromatic heterocycles. The lowest BCUT2D eigenvalue weighted by atomic mass is 9.76. The summed E-state index contributed by atoms with van der Waals surface area (Å²) >= 11 is 0. The van der Waals surface area contributed by atoms with E-state index in [9.17, 15) is 0 Å². The van der Waals surface area contributed by atoms with Gasteiger partial charge in [0.2, 0.25) is 0 Å². The molecular formula is C23H40O2. The number of allylic oxidation sites excluding steroid dienone is 6. The lowest BCUT2D eigenvalue weighted by Crippen LogP contribution is -2.19. The SMILES string of the molecule is CCC(=CCC1CC=C(C)C1(C)C)CO.CCC=CCCC=CCO. The van der Waals surface area contributed by atoms with Crippen LogP contribution in [0.5, 0.6) is 0 Å². The quantitative estimate of drug-likeness (QED) is 0.397. The summed E-state index contributed by atoms with van der Waals surface area (Å²) in [5, 5.41) is 17.5. The van der Waals surface area contributed by atoms with Crippen molar-refractivity contribution in [1.29, 1.82) is 0 Å². The standard InChI is InChI=1S/C14H24O.C9H16O/c1-5-12(10-15)7-9-13-8-6-11(2)14(13,3)4;1-2-3-4-5-6-7-8-9-10/h6-7,13,15H,5,8-10H2,1-4H3;3-4,7-8,10H,2,5-6,9H2,1H3. The topological polar surface area (TPSA) is 40.5 Å². The van der Waals surface area contributed by atoms with E-state index in [1.54, 1.807) is 6.08 Å². The summed E-state index contributed by atoms with van der Waals surface area (Å²) < 4.78 is 0. The van der Waals surface area contributed by atoms with Crippen LogP contribution in [0.15, 0.2) is 47.6 Å². The van der Waals surface area contributed by atoms with Crippen molar-refractivity contribution in [2.24, 2.45) is 11.3 Å². The van der Waals surface area contributed by atoms with Crippen LogP contribution in [0.1, 0.15) is 73.1 Å². The highest BCUT2D eigenvalue weighted by Crippen LogP contribution is 2.44. The van der Waals surface area contributed by atoms with Crippen molar-refractivity contribution < 1.29 is 10.2 Å². The van der Waals surface area contributed by atoms with Crippen molar-refractivity contribution in [2.75, 3.05) is 13.2 Å². The highest BCUT2D eigenvalue weighted by molar-refractivity contribution is 5.19. The third-order valence-electron chi connectivity index (χ3n) is 5.27. The molecule has 1 rings (SSSR count). The second kappa shape index (κ2) is 14.1. The second-order valence-electron chi connectivity index (χ2n) is 7.26. The first kappa shape index (κ1) is 23.9. The molecule has 0 saturated carbocycles. The Morgan fingerprint density at radius 3 is 2.20 bits per heavy atom. The normalized spacial score (nSPS) is 20.0. The molecule has 2 heteroatoms. The Hall–Kier alpha value is -1.12. The fourth-order valence-corrected chi connectivity index (χ4v) is 2.89. The minimum absolute atomic E-state index is 0.164. The van der Waals surface area contributed by atoms with Crippen LogP contribution in [0, 0.1) is 11.3 Å². The number of hydrogen-bond donors (Lipinski definition) is 2. The Balaban J connectivity index is 0.000000504. The lowest BCUT2D eigenvalue weighted by molar-refractivity contribution is 0.291. The maximum absolute atomic E-state index is 9.10. The van der Waals surface area contributed by atoms with Gasteiger partial charge in [-0.3, -0.25) is 0 Å². The van der Waals surface area contributed by atoms with Gasteiger partial charge >= 0.3 is 0 Å².